The second-order valence-electron chi connectivity index (χ2n) is 4.41. The summed E-state index contributed by atoms with van der Waals surface area (Å²) in [5.74, 6) is 0.705. The monoisotopic (exact) mass is 264 g/mol. The molecule has 0 fully saturated rings. The van der Waals surface area contributed by atoms with Crippen LogP contribution in [0.4, 0.5) is 0 Å². The third-order valence-corrected chi connectivity index (χ3v) is 2.95. The molecule has 4 heteroatoms. The van der Waals surface area contributed by atoms with Gasteiger partial charge < -0.3 is 9.84 Å². The molecule has 0 unspecified atom stereocenters. The Hall–Kier alpha value is -1.68. The second-order valence-corrected chi connectivity index (χ2v) is 4.41. The SMILES string of the molecule is COc1ccc(C(=O)CCCCCC(=O)CO)cc1. The first-order valence-corrected chi connectivity index (χ1v) is 6.47. The van der Waals surface area contributed by atoms with Crippen LogP contribution in [-0.4, -0.2) is 30.4 Å². The molecule has 1 N–H and O–H groups in total. The molecule has 0 saturated heterocycles. The number of rotatable bonds is 9. The summed E-state index contributed by atoms with van der Waals surface area (Å²) in [6.07, 6.45) is 3.21. The largest absolute Gasteiger partial charge is 0.497 e. The summed E-state index contributed by atoms with van der Waals surface area (Å²) in [6.45, 7) is -0.384. The average molecular weight is 264 g/mol. The van der Waals surface area contributed by atoms with Gasteiger partial charge in [0, 0.05) is 18.4 Å². The molecule has 0 amide bonds. The standard InChI is InChI=1S/C15H20O4/c1-19-14-9-7-12(8-10-14)15(18)6-4-2-3-5-13(17)11-16/h7-10,16H,2-6,11H2,1H3. The number of ketones is 2. The predicted molar refractivity (Wildman–Crippen MR) is 72.5 cm³/mol. The van der Waals surface area contributed by atoms with Crippen molar-refractivity contribution in [2.75, 3.05) is 13.7 Å². The average Bonchev–Trinajstić information content (AvgIpc) is 2.46. The fourth-order valence-corrected chi connectivity index (χ4v) is 1.78. The number of aliphatic hydroxyl groups excluding tert-OH is 1. The quantitative estimate of drug-likeness (QED) is 0.549. The molecule has 0 aromatic heterocycles. The van der Waals surface area contributed by atoms with Crippen LogP contribution in [0.3, 0.4) is 0 Å². The lowest BCUT2D eigenvalue weighted by Gasteiger charge is -2.03. The molecule has 1 aromatic carbocycles. The second kappa shape index (κ2) is 8.43. The van der Waals surface area contributed by atoms with Gasteiger partial charge in [0.25, 0.3) is 0 Å². The van der Waals surface area contributed by atoms with Gasteiger partial charge in [-0.25, -0.2) is 0 Å². The van der Waals surface area contributed by atoms with Gasteiger partial charge in [-0.1, -0.05) is 6.42 Å². The molecule has 0 bridgehead atoms. The van der Waals surface area contributed by atoms with Crippen LogP contribution in [-0.2, 0) is 4.79 Å². The van der Waals surface area contributed by atoms with E-state index >= 15 is 0 Å². The minimum atomic E-state index is -0.384. The van der Waals surface area contributed by atoms with Crippen molar-refractivity contribution in [2.45, 2.75) is 32.1 Å². The molecular formula is C15H20O4. The summed E-state index contributed by atoms with van der Waals surface area (Å²) in [5.41, 5.74) is 0.687. The molecular weight excluding hydrogens is 244 g/mol. The van der Waals surface area contributed by atoms with Crippen molar-refractivity contribution in [3.63, 3.8) is 0 Å². The number of aliphatic hydroxyl groups is 1. The molecule has 19 heavy (non-hydrogen) atoms. The number of benzene rings is 1. The molecule has 0 aliphatic carbocycles. The zero-order valence-corrected chi connectivity index (χ0v) is 11.2. The van der Waals surface area contributed by atoms with E-state index in [0.717, 1.165) is 25.0 Å². The van der Waals surface area contributed by atoms with Crippen molar-refractivity contribution >= 4 is 11.6 Å². The Morgan fingerprint density at radius 1 is 1.05 bits per heavy atom. The van der Waals surface area contributed by atoms with E-state index in [9.17, 15) is 9.59 Å². The highest BCUT2D eigenvalue weighted by Crippen LogP contribution is 2.14. The van der Waals surface area contributed by atoms with Crippen LogP contribution < -0.4 is 4.74 Å². The van der Waals surface area contributed by atoms with Crippen LogP contribution in [0.25, 0.3) is 0 Å². The highest BCUT2D eigenvalue weighted by Gasteiger charge is 2.06. The molecule has 0 aliphatic rings. The predicted octanol–water partition coefficient (Wildman–Crippen LogP) is 2.39. The van der Waals surface area contributed by atoms with Crippen molar-refractivity contribution in [3.05, 3.63) is 29.8 Å². The van der Waals surface area contributed by atoms with Gasteiger partial charge >= 0.3 is 0 Å². The molecule has 104 valence electrons. The third-order valence-electron chi connectivity index (χ3n) is 2.95. The van der Waals surface area contributed by atoms with Gasteiger partial charge in [-0.15, -0.1) is 0 Å². The van der Waals surface area contributed by atoms with E-state index in [-0.39, 0.29) is 18.2 Å². The van der Waals surface area contributed by atoms with E-state index in [1.807, 2.05) is 0 Å². The molecule has 0 radical (unpaired) electrons. The van der Waals surface area contributed by atoms with Crippen LogP contribution in [0.5, 0.6) is 5.75 Å². The van der Waals surface area contributed by atoms with Crippen LogP contribution in [0, 0.1) is 0 Å². The minimum absolute atomic E-state index is 0.108. The lowest BCUT2D eigenvalue weighted by molar-refractivity contribution is -0.121. The van der Waals surface area contributed by atoms with Gasteiger partial charge in [-0.2, -0.15) is 0 Å². The van der Waals surface area contributed by atoms with Crippen molar-refractivity contribution in [1.29, 1.82) is 0 Å². The first-order valence-electron chi connectivity index (χ1n) is 6.47. The normalized spacial score (nSPS) is 10.2. The number of hydrogen-bond acceptors (Lipinski definition) is 4. The van der Waals surface area contributed by atoms with E-state index in [0.29, 0.717) is 18.4 Å². The van der Waals surface area contributed by atoms with E-state index in [2.05, 4.69) is 0 Å². The van der Waals surface area contributed by atoms with Crippen molar-refractivity contribution in [3.8, 4) is 5.75 Å². The molecule has 0 spiro atoms. The number of unbranched alkanes of at least 4 members (excludes halogenated alkanes) is 2. The summed E-state index contributed by atoms with van der Waals surface area (Å²) in [6, 6.07) is 7.06. The number of Topliss-reactive ketones (excluding diaryl/α,β-unsaturated/α-hetero) is 2. The van der Waals surface area contributed by atoms with Gasteiger partial charge in [0.15, 0.2) is 11.6 Å². The first-order chi connectivity index (χ1) is 9.17. The Balaban J connectivity index is 2.25. The van der Waals surface area contributed by atoms with Crippen LogP contribution in [0.1, 0.15) is 42.5 Å². The molecule has 1 aromatic rings. The number of carbonyl (C=O) groups excluding carboxylic acids is 2. The van der Waals surface area contributed by atoms with E-state index < -0.39 is 0 Å². The summed E-state index contributed by atoms with van der Waals surface area (Å²) >= 11 is 0. The molecule has 0 saturated carbocycles. The van der Waals surface area contributed by atoms with Gasteiger partial charge in [-0.05, 0) is 37.1 Å². The summed E-state index contributed by atoms with van der Waals surface area (Å²) in [7, 11) is 1.59. The topological polar surface area (TPSA) is 63.6 Å². The van der Waals surface area contributed by atoms with Gasteiger partial charge in [0.2, 0.25) is 0 Å². The number of carbonyl (C=O) groups is 2. The number of hydrogen-bond donors (Lipinski definition) is 1. The Bertz CT molecular complexity index is 409. The van der Waals surface area contributed by atoms with Crippen molar-refractivity contribution in [1.82, 2.24) is 0 Å². The summed E-state index contributed by atoms with van der Waals surface area (Å²) in [5, 5.41) is 8.56. The van der Waals surface area contributed by atoms with Crippen molar-refractivity contribution in [2.24, 2.45) is 0 Å². The van der Waals surface area contributed by atoms with E-state index in [1.165, 1.54) is 0 Å². The zero-order chi connectivity index (χ0) is 14.1. The maximum Gasteiger partial charge on any atom is 0.162 e. The van der Waals surface area contributed by atoms with Crippen LogP contribution in [0.15, 0.2) is 24.3 Å². The number of methoxy groups -OCH3 is 1. The Morgan fingerprint density at radius 2 is 1.68 bits per heavy atom. The minimum Gasteiger partial charge on any atom is -0.497 e. The molecule has 0 atom stereocenters. The lowest BCUT2D eigenvalue weighted by Crippen LogP contribution is -2.03. The molecule has 0 aliphatic heterocycles. The van der Waals surface area contributed by atoms with Crippen LogP contribution >= 0.6 is 0 Å². The highest BCUT2D eigenvalue weighted by atomic mass is 16.5. The van der Waals surface area contributed by atoms with Crippen LogP contribution in [0.2, 0.25) is 0 Å². The Kier molecular flexibility index (Phi) is 6.82. The molecule has 1 rings (SSSR count). The van der Waals surface area contributed by atoms with Gasteiger partial charge in [-0.3, -0.25) is 9.59 Å². The van der Waals surface area contributed by atoms with Gasteiger partial charge in [0.1, 0.15) is 12.4 Å². The smallest absolute Gasteiger partial charge is 0.162 e. The fourth-order valence-electron chi connectivity index (χ4n) is 1.78. The molecule has 4 nitrogen and oxygen atoms in total. The maximum absolute atomic E-state index is 11.8. The highest BCUT2D eigenvalue weighted by molar-refractivity contribution is 5.96. The zero-order valence-electron chi connectivity index (χ0n) is 11.2. The fraction of sp³-hybridized carbons (Fsp3) is 0.467. The summed E-state index contributed by atoms with van der Waals surface area (Å²) in [4.78, 5) is 22.7. The molecule has 0 heterocycles. The lowest BCUT2D eigenvalue weighted by atomic mass is 10.0. The Labute approximate surface area is 113 Å². The third kappa shape index (κ3) is 5.66. The number of ether oxygens (including phenoxy) is 1. The van der Waals surface area contributed by atoms with Crippen molar-refractivity contribution < 1.29 is 19.4 Å². The van der Waals surface area contributed by atoms with E-state index in [4.69, 9.17) is 9.84 Å². The Morgan fingerprint density at radius 3 is 2.26 bits per heavy atom. The maximum atomic E-state index is 11.8. The first kappa shape index (κ1) is 15.4. The van der Waals surface area contributed by atoms with E-state index in [1.54, 1.807) is 31.4 Å². The summed E-state index contributed by atoms with van der Waals surface area (Å²) < 4.78 is 5.03. The van der Waals surface area contributed by atoms with Gasteiger partial charge in [0.05, 0.1) is 7.11 Å².